The van der Waals surface area contributed by atoms with Gasteiger partial charge in [-0.1, -0.05) is 0 Å². The van der Waals surface area contributed by atoms with Gasteiger partial charge in [0.05, 0.1) is 0 Å². The van der Waals surface area contributed by atoms with Gasteiger partial charge >= 0.3 is 0 Å². The minimum atomic E-state index is -0.369. The van der Waals surface area contributed by atoms with Gasteiger partial charge in [-0.2, -0.15) is 0 Å². The fourth-order valence-corrected chi connectivity index (χ4v) is 2.23. The Labute approximate surface area is 101 Å². The first-order chi connectivity index (χ1) is 8.16. The predicted molar refractivity (Wildman–Crippen MR) is 64.0 cm³/mol. The molecule has 1 aliphatic rings. The number of nitrogens with zero attached hydrogens (tertiary/aromatic N) is 1. The van der Waals surface area contributed by atoms with E-state index in [1.54, 1.807) is 0 Å². The van der Waals surface area contributed by atoms with Crippen LogP contribution >= 0.6 is 0 Å². The van der Waals surface area contributed by atoms with E-state index in [4.69, 9.17) is 0 Å². The molecule has 94 valence electrons. The number of likely N-dealkylation sites (N-methyl/N-ethyl adjacent to an activating group) is 1. The molecule has 1 N–H and O–H groups in total. The van der Waals surface area contributed by atoms with Crippen molar-refractivity contribution in [2.24, 2.45) is 0 Å². The minimum absolute atomic E-state index is 0.315. The summed E-state index contributed by atoms with van der Waals surface area (Å²) >= 11 is 0. The van der Waals surface area contributed by atoms with Crippen LogP contribution in [0.3, 0.4) is 0 Å². The molecule has 17 heavy (non-hydrogen) atoms. The van der Waals surface area contributed by atoms with Crippen LogP contribution in [0.1, 0.15) is 12.0 Å². The van der Waals surface area contributed by atoms with E-state index in [0.29, 0.717) is 18.0 Å². The van der Waals surface area contributed by atoms with Gasteiger partial charge in [0.15, 0.2) is 0 Å². The van der Waals surface area contributed by atoms with Gasteiger partial charge in [0.25, 0.3) is 0 Å². The van der Waals surface area contributed by atoms with Crippen molar-refractivity contribution in [1.82, 2.24) is 10.2 Å². The van der Waals surface area contributed by atoms with E-state index in [2.05, 4.69) is 10.2 Å². The van der Waals surface area contributed by atoms with Crippen LogP contribution in [0.15, 0.2) is 18.2 Å². The first-order valence-electron chi connectivity index (χ1n) is 6.01. The lowest BCUT2D eigenvalue weighted by atomic mass is 10.1. The first kappa shape index (κ1) is 12.5. The van der Waals surface area contributed by atoms with Gasteiger partial charge in [-0.05, 0) is 50.2 Å². The maximum Gasteiger partial charge on any atom is 0.126 e. The monoisotopic (exact) mass is 240 g/mol. The molecule has 1 aromatic rings. The SMILES string of the molecule is CN(CCc1cc(F)ccc1F)C1CCNC1. The van der Waals surface area contributed by atoms with E-state index in [-0.39, 0.29) is 11.6 Å². The second-order valence-electron chi connectivity index (χ2n) is 4.61. The van der Waals surface area contributed by atoms with Crippen molar-refractivity contribution in [3.8, 4) is 0 Å². The number of halogens is 2. The summed E-state index contributed by atoms with van der Waals surface area (Å²) in [5.74, 6) is -0.684. The molecule has 0 radical (unpaired) electrons. The Morgan fingerprint density at radius 3 is 2.94 bits per heavy atom. The molecule has 1 fully saturated rings. The summed E-state index contributed by atoms with van der Waals surface area (Å²) in [7, 11) is 2.04. The standard InChI is InChI=1S/C13H18F2N2/c1-17(12-4-6-16-9-12)7-5-10-8-11(14)2-3-13(10)15/h2-3,8,12,16H,4-7,9H2,1H3. The number of hydrogen-bond donors (Lipinski definition) is 1. The van der Waals surface area contributed by atoms with Crippen molar-refractivity contribution in [3.05, 3.63) is 35.4 Å². The predicted octanol–water partition coefficient (Wildman–Crippen LogP) is 1.80. The Hall–Kier alpha value is -1.00. The highest BCUT2D eigenvalue weighted by Crippen LogP contribution is 2.12. The van der Waals surface area contributed by atoms with Crippen molar-refractivity contribution in [3.63, 3.8) is 0 Å². The summed E-state index contributed by atoms with van der Waals surface area (Å²) in [6, 6.07) is 4.16. The molecule has 2 nitrogen and oxygen atoms in total. The van der Waals surface area contributed by atoms with Crippen LogP contribution in [0, 0.1) is 11.6 Å². The van der Waals surface area contributed by atoms with Crippen molar-refractivity contribution in [2.45, 2.75) is 18.9 Å². The van der Waals surface area contributed by atoms with Gasteiger partial charge in [-0.3, -0.25) is 0 Å². The lowest BCUT2D eigenvalue weighted by Crippen LogP contribution is -2.34. The van der Waals surface area contributed by atoms with Gasteiger partial charge in [0.2, 0.25) is 0 Å². The van der Waals surface area contributed by atoms with Gasteiger partial charge in [-0.25, -0.2) is 8.78 Å². The summed E-state index contributed by atoms with van der Waals surface area (Å²) < 4.78 is 26.4. The van der Waals surface area contributed by atoms with E-state index in [1.807, 2.05) is 7.05 Å². The van der Waals surface area contributed by atoms with E-state index >= 15 is 0 Å². The minimum Gasteiger partial charge on any atom is -0.315 e. The average Bonchev–Trinajstić information content (AvgIpc) is 2.83. The zero-order valence-electron chi connectivity index (χ0n) is 10.0. The molecule has 2 rings (SSSR count). The highest BCUT2D eigenvalue weighted by Gasteiger charge is 2.18. The lowest BCUT2D eigenvalue weighted by Gasteiger charge is -2.23. The van der Waals surface area contributed by atoms with Crippen LogP contribution in [0.5, 0.6) is 0 Å². The van der Waals surface area contributed by atoms with E-state index < -0.39 is 0 Å². The third-order valence-corrected chi connectivity index (χ3v) is 3.40. The molecule has 1 saturated heterocycles. The van der Waals surface area contributed by atoms with Gasteiger partial charge < -0.3 is 10.2 Å². The fourth-order valence-electron chi connectivity index (χ4n) is 2.23. The third-order valence-electron chi connectivity index (χ3n) is 3.40. The second-order valence-corrected chi connectivity index (χ2v) is 4.61. The summed E-state index contributed by atoms with van der Waals surface area (Å²) in [4.78, 5) is 2.21. The molecule has 0 aliphatic carbocycles. The van der Waals surface area contributed by atoms with Crippen molar-refractivity contribution in [1.29, 1.82) is 0 Å². The highest BCUT2D eigenvalue weighted by atomic mass is 19.1. The smallest absolute Gasteiger partial charge is 0.126 e. The van der Waals surface area contributed by atoms with Crippen molar-refractivity contribution < 1.29 is 8.78 Å². The fraction of sp³-hybridized carbons (Fsp3) is 0.538. The van der Waals surface area contributed by atoms with E-state index in [0.717, 1.165) is 32.1 Å². The number of hydrogen-bond acceptors (Lipinski definition) is 2. The Morgan fingerprint density at radius 1 is 1.41 bits per heavy atom. The van der Waals surface area contributed by atoms with Crippen molar-refractivity contribution in [2.75, 3.05) is 26.7 Å². The summed E-state index contributed by atoms with van der Waals surface area (Å²) in [6.07, 6.45) is 1.68. The molecule has 1 unspecified atom stereocenters. The van der Waals surface area contributed by atoms with Gasteiger partial charge in [0.1, 0.15) is 11.6 Å². The average molecular weight is 240 g/mol. The molecule has 0 amide bonds. The molecule has 4 heteroatoms. The summed E-state index contributed by atoms with van der Waals surface area (Å²) in [5, 5.41) is 3.30. The Balaban J connectivity index is 1.90. The van der Waals surface area contributed by atoms with Gasteiger partial charge in [-0.15, -0.1) is 0 Å². The number of rotatable bonds is 4. The topological polar surface area (TPSA) is 15.3 Å². The van der Waals surface area contributed by atoms with Crippen LogP contribution in [0.25, 0.3) is 0 Å². The molecule has 0 bridgehead atoms. The molecular formula is C13H18F2N2. The molecule has 0 aromatic heterocycles. The molecule has 1 aromatic carbocycles. The van der Waals surface area contributed by atoms with E-state index in [1.165, 1.54) is 12.1 Å². The first-order valence-corrected chi connectivity index (χ1v) is 6.01. The van der Waals surface area contributed by atoms with Gasteiger partial charge in [0, 0.05) is 19.1 Å². The zero-order valence-corrected chi connectivity index (χ0v) is 10.0. The second kappa shape index (κ2) is 5.56. The zero-order chi connectivity index (χ0) is 12.3. The molecular weight excluding hydrogens is 222 g/mol. The van der Waals surface area contributed by atoms with Crippen LogP contribution in [-0.4, -0.2) is 37.6 Å². The Morgan fingerprint density at radius 2 is 2.24 bits per heavy atom. The molecule has 0 saturated carbocycles. The summed E-state index contributed by atoms with van der Waals surface area (Å²) in [6.45, 7) is 2.79. The molecule has 1 heterocycles. The van der Waals surface area contributed by atoms with Crippen LogP contribution < -0.4 is 5.32 Å². The summed E-state index contributed by atoms with van der Waals surface area (Å²) in [5.41, 5.74) is 0.461. The third kappa shape index (κ3) is 3.23. The number of nitrogens with one attached hydrogen (secondary N) is 1. The number of benzene rings is 1. The van der Waals surface area contributed by atoms with Crippen LogP contribution in [0.4, 0.5) is 8.78 Å². The van der Waals surface area contributed by atoms with Crippen LogP contribution in [-0.2, 0) is 6.42 Å². The quantitative estimate of drug-likeness (QED) is 0.863. The molecule has 0 spiro atoms. The maximum atomic E-state index is 13.4. The Bertz CT molecular complexity index is 376. The molecule has 1 atom stereocenters. The lowest BCUT2D eigenvalue weighted by molar-refractivity contribution is 0.259. The van der Waals surface area contributed by atoms with Crippen molar-refractivity contribution >= 4 is 0 Å². The van der Waals surface area contributed by atoms with Crippen LogP contribution in [0.2, 0.25) is 0 Å². The molecule has 1 aliphatic heterocycles. The largest absolute Gasteiger partial charge is 0.315 e. The Kier molecular flexibility index (Phi) is 4.07. The van der Waals surface area contributed by atoms with E-state index in [9.17, 15) is 8.78 Å². The highest BCUT2D eigenvalue weighted by molar-refractivity contribution is 5.19. The normalized spacial score (nSPS) is 20.1. The maximum absolute atomic E-state index is 13.4.